The van der Waals surface area contributed by atoms with Gasteiger partial charge in [-0.05, 0) is 25.5 Å². The molecule has 0 fully saturated rings. The molecule has 2 rings (SSSR count). The number of nitrogens with zero attached hydrogens (tertiary/aromatic N) is 1. The predicted octanol–water partition coefficient (Wildman–Crippen LogP) is 1.72. The first-order valence-electron chi connectivity index (χ1n) is 4.56. The van der Waals surface area contributed by atoms with Crippen molar-refractivity contribution in [1.29, 1.82) is 0 Å². The van der Waals surface area contributed by atoms with E-state index < -0.39 is 0 Å². The maximum atomic E-state index is 5.08. The summed E-state index contributed by atoms with van der Waals surface area (Å²) in [5.74, 6) is 0.718. The Morgan fingerprint density at radius 1 is 1.50 bits per heavy atom. The quantitative estimate of drug-likeness (QED) is 0.814. The highest BCUT2D eigenvalue weighted by Crippen LogP contribution is 2.30. The minimum atomic E-state index is 0. The average molecular weight is 215 g/mol. The van der Waals surface area contributed by atoms with Crippen LogP contribution in [0.5, 0.6) is 5.88 Å². The molecule has 1 heterocycles. The molecule has 0 saturated heterocycles. The summed E-state index contributed by atoms with van der Waals surface area (Å²) in [6.07, 6.45) is 2.20. The summed E-state index contributed by atoms with van der Waals surface area (Å²) >= 11 is 0. The van der Waals surface area contributed by atoms with E-state index in [1.54, 1.807) is 7.11 Å². The van der Waals surface area contributed by atoms with Crippen LogP contribution in [0.15, 0.2) is 12.1 Å². The molecule has 3 nitrogen and oxygen atoms in total. The van der Waals surface area contributed by atoms with Crippen molar-refractivity contribution in [1.82, 2.24) is 10.3 Å². The topological polar surface area (TPSA) is 34.2 Å². The number of fused-ring (bicyclic) bond motifs is 1. The van der Waals surface area contributed by atoms with Gasteiger partial charge in [0.05, 0.1) is 7.11 Å². The maximum absolute atomic E-state index is 5.08. The van der Waals surface area contributed by atoms with Gasteiger partial charge in [-0.15, -0.1) is 12.4 Å². The molecular weight excluding hydrogens is 200 g/mol. The van der Waals surface area contributed by atoms with Crippen LogP contribution in [0.4, 0.5) is 0 Å². The Kier molecular flexibility index (Phi) is 3.72. The lowest BCUT2D eigenvalue weighted by Crippen LogP contribution is -2.12. The molecule has 1 atom stereocenters. The number of ether oxygens (including phenoxy) is 1. The van der Waals surface area contributed by atoms with Crippen molar-refractivity contribution >= 4 is 12.4 Å². The van der Waals surface area contributed by atoms with E-state index in [1.807, 2.05) is 13.1 Å². The lowest BCUT2D eigenvalue weighted by Gasteiger charge is -2.09. The SMILES string of the molecule is CNC1CCc2nc(OC)ccc21.Cl. The van der Waals surface area contributed by atoms with Gasteiger partial charge < -0.3 is 10.1 Å². The lowest BCUT2D eigenvalue weighted by molar-refractivity contribution is 0.396. The smallest absolute Gasteiger partial charge is 0.213 e. The summed E-state index contributed by atoms with van der Waals surface area (Å²) in [4.78, 5) is 4.41. The summed E-state index contributed by atoms with van der Waals surface area (Å²) in [5.41, 5.74) is 2.50. The molecule has 1 N–H and O–H groups in total. The van der Waals surface area contributed by atoms with Crippen molar-refractivity contribution in [3.8, 4) is 5.88 Å². The Bertz CT molecular complexity index is 317. The Hall–Kier alpha value is -0.800. The molecule has 1 unspecified atom stereocenters. The zero-order chi connectivity index (χ0) is 9.26. The van der Waals surface area contributed by atoms with E-state index in [4.69, 9.17) is 4.74 Å². The second-order valence-electron chi connectivity index (χ2n) is 3.27. The number of nitrogens with one attached hydrogen (secondary N) is 1. The van der Waals surface area contributed by atoms with Gasteiger partial charge in [-0.3, -0.25) is 0 Å². The van der Waals surface area contributed by atoms with Crippen molar-refractivity contribution < 1.29 is 4.74 Å². The van der Waals surface area contributed by atoms with E-state index >= 15 is 0 Å². The Labute approximate surface area is 90.3 Å². The Morgan fingerprint density at radius 3 is 2.93 bits per heavy atom. The van der Waals surface area contributed by atoms with Gasteiger partial charge in [0, 0.05) is 17.8 Å². The number of hydrogen-bond acceptors (Lipinski definition) is 3. The highest BCUT2D eigenvalue weighted by molar-refractivity contribution is 5.85. The van der Waals surface area contributed by atoms with Crippen LogP contribution in [-0.4, -0.2) is 19.1 Å². The second-order valence-corrected chi connectivity index (χ2v) is 3.27. The van der Waals surface area contributed by atoms with E-state index in [0.29, 0.717) is 6.04 Å². The van der Waals surface area contributed by atoms with Crippen LogP contribution in [0.1, 0.15) is 23.7 Å². The minimum Gasteiger partial charge on any atom is -0.481 e. The van der Waals surface area contributed by atoms with Gasteiger partial charge in [-0.1, -0.05) is 6.07 Å². The average Bonchev–Trinajstić information content (AvgIpc) is 2.59. The summed E-state index contributed by atoms with van der Waals surface area (Å²) in [6, 6.07) is 4.51. The molecular formula is C10H15ClN2O. The number of hydrogen-bond donors (Lipinski definition) is 1. The third-order valence-corrected chi connectivity index (χ3v) is 2.59. The van der Waals surface area contributed by atoms with E-state index in [1.165, 1.54) is 11.3 Å². The molecule has 1 aliphatic carbocycles. The molecule has 1 aromatic rings. The first kappa shape index (κ1) is 11.3. The van der Waals surface area contributed by atoms with E-state index in [9.17, 15) is 0 Å². The normalized spacial score (nSPS) is 18.6. The molecule has 0 radical (unpaired) electrons. The molecule has 14 heavy (non-hydrogen) atoms. The summed E-state index contributed by atoms with van der Waals surface area (Å²) in [6.45, 7) is 0. The third kappa shape index (κ3) is 1.83. The van der Waals surface area contributed by atoms with Crippen LogP contribution in [0.3, 0.4) is 0 Å². The molecule has 1 aliphatic rings. The van der Waals surface area contributed by atoms with Crippen molar-refractivity contribution in [2.45, 2.75) is 18.9 Å². The van der Waals surface area contributed by atoms with Crippen LogP contribution in [0.2, 0.25) is 0 Å². The number of halogens is 1. The highest BCUT2D eigenvalue weighted by atomic mass is 35.5. The molecule has 0 aromatic carbocycles. The van der Waals surface area contributed by atoms with Crippen molar-refractivity contribution in [3.05, 3.63) is 23.4 Å². The largest absolute Gasteiger partial charge is 0.481 e. The fourth-order valence-corrected chi connectivity index (χ4v) is 1.86. The number of rotatable bonds is 2. The first-order chi connectivity index (χ1) is 6.35. The molecule has 0 aliphatic heterocycles. The standard InChI is InChI=1S/C10H14N2O.ClH/c1-11-8-4-5-9-7(8)3-6-10(12-9)13-2;/h3,6,8,11H,4-5H2,1-2H3;1H. The van der Waals surface area contributed by atoms with Gasteiger partial charge in [-0.25, -0.2) is 4.98 Å². The maximum Gasteiger partial charge on any atom is 0.213 e. The zero-order valence-electron chi connectivity index (χ0n) is 8.41. The van der Waals surface area contributed by atoms with Gasteiger partial charge in [0.1, 0.15) is 0 Å². The van der Waals surface area contributed by atoms with Crippen LogP contribution >= 0.6 is 12.4 Å². The number of aromatic nitrogens is 1. The van der Waals surface area contributed by atoms with Crippen LogP contribution in [-0.2, 0) is 6.42 Å². The van der Waals surface area contributed by atoms with Gasteiger partial charge in [0.2, 0.25) is 5.88 Å². The molecule has 4 heteroatoms. The van der Waals surface area contributed by atoms with Crippen LogP contribution in [0, 0.1) is 0 Å². The van der Waals surface area contributed by atoms with Crippen molar-refractivity contribution in [2.24, 2.45) is 0 Å². The summed E-state index contributed by atoms with van der Waals surface area (Å²) in [5, 5.41) is 3.28. The first-order valence-corrected chi connectivity index (χ1v) is 4.56. The second kappa shape index (κ2) is 4.62. The molecule has 1 aromatic heterocycles. The van der Waals surface area contributed by atoms with Gasteiger partial charge in [0.15, 0.2) is 0 Å². The van der Waals surface area contributed by atoms with Gasteiger partial charge >= 0.3 is 0 Å². The summed E-state index contributed by atoms with van der Waals surface area (Å²) in [7, 11) is 3.64. The highest BCUT2D eigenvalue weighted by Gasteiger charge is 2.22. The monoisotopic (exact) mass is 214 g/mol. The minimum absolute atomic E-state index is 0. The van der Waals surface area contributed by atoms with Crippen LogP contribution < -0.4 is 10.1 Å². The Balaban J connectivity index is 0.000000980. The molecule has 0 saturated carbocycles. The van der Waals surface area contributed by atoms with Gasteiger partial charge in [-0.2, -0.15) is 0 Å². The van der Waals surface area contributed by atoms with Crippen molar-refractivity contribution in [3.63, 3.8) is 0 Å². The molecule has 78 valence electrons. The van der Waals surface area contributed by atoms with E-state index in [2.05, 4.69) is 16.4 Å². The zero-order valence-corrected chi connectivity index (χ0v) is 9.23. The fraction of sp³-hybridized carbons (Fsp3) is 0.500. The fourth-order valence-electron chi connectivity index (χ4n) is 1.86. The molecule has 0 bridgehead atoms. The third-order valence-electron chi connectivity index (χ3n) is 2.59. The molecule has 0 spiro atoms. The number of methoxy groups -OCH3 is 1. The van der Waals surface area contributed by atoms with Gasteiger partial charge in [0.25, 0.3) is 0 Å². The van der Waals surface area contributed by atoms with E-state index in [0.717, 1.165) is 18.7 Å². The van der Waals surface area contributed by atoms with E-state index in [-0.39, 0.29) is 12.4 Å². The Morgan fingerprint density at radius 2 is 2.29 bits per heavy atom. The predicted molar refractivity (Wildman–Crippen MR) is 58.2 cm³/mol. The lowest BCUT2D eigenvalue weighted by atomic mass is 10.1. The van der Waals surface area contributed by atoms with Crippen molar-refractivity contribution in [2.75, 3.05) is 14.2 Å². The summed E-state index contributed by atoms with van der Waals surface area (Å²) < 4.78 is 5.08. The van der Waals surface area contributed by atoms with Crippen LogP contribution in [0.25, 0.3) is 0 Å². The molecule has 0 amide bonds. The number of pyridine rings is 1. The number of aryl methyl sites for hydroxylation is 1.